The summed E-state index contributed by atoms with van der Waals surface area (Å²) in [7, 11) is 0. The molecule has 82 valence electrons. The summed E-state index contributed by atoms with van der Waals surface area (Å²) in [5, 5.41) is 0. The first kappa shape index (κ1) is 11.7. The monoisotopic (exact) mass is 196 g/mol. The molecule has 0 aromatic heterocycles. The summed E-state index contributed by atoms with van der Waals surface area (Å²) in [6, 6.07) is 0. The molecule has 0 radical (unpaired) electrons. The first-order valence-corrected chi connectivity index (χ1v) is 6.16. The Bertz CT molecular complexity index is 155. The molecule has 0 heterocycles. The average molecular weight is 196 g/mol. The second-order valence-electron chi connectivity index (χ2n) is 5.26. The molecule has 14 heavy (non-hydrogen) atoms. The molecule has 1 aliphatic rings. The van der Waals surface area contributed by atoms with E-state index < -0.39 is 0 Å². The smallest absolute Gasteiger partial charge is 0.120 e. The molecule has 1 heteroatoms. The van der Waals surface area contributed by atoms with Gasteiger partial charge >= 0.3 is 0 Å². The molecule has 1 aliphatic carbocycles. The zero-order chi connectivity index (χ0) is 10.4. The number of carbonyl (C=O) groups excluding carboxylic acids is 1. The lowest BCUT2D eigenvalue weighted by molar-refractivity contribution is -0.108. The average Bonchev–Trinajstić information content (AvgIpc) is 2.16. The molecular formula is C13H24O. The number of hydrogen-bond donors (Lipinski definition) is 0. The minimum Gasteiger partial charge on any atom is -0.303 e. The Labute approximate surface area is 88.3 Å². The van der Waals surface area contributed by atoms with Gasteiger partial charge in [0.15, 0.2) is 0 Å². The van der Waals surface area contributed by atoms with Crippen LogP contribution in [0.4, 0.5) is 0 Å². The van der Waals surface area contributed by atoms with E-state index in [1.165, 1.54) is 32.1 Å². The van der Waals surface area contributed by atoms with E-state index in [-0.39, 0.29) is 0 Å². The van der Waals surface area contributed by atoms with Gasteiger partial charge < -0.3 is 4.79 Å². The van der Waals surface area contributed by atoms with Crippen molar-refractivity contribution in [1.29, 1.82) is 0 Å². The first-order chi connectivity index (χ1) is 6.72. The maximum Gasteiger partial charge on any atom is 0.120 e. The normalized spacial score (nSPS) is 27.9. The van der Waals surface area contributed by atoms with Crippen molar-refractivity contribution in [3.05, 3.63) is 0 Å². The van der Waals surface area contributed by atoms with Crippen LogP contribution >= 0.6 is 0 Å². The van der Waals surface area contributed by atoms with Crippen LogP contribution in [0.1, 0.15) is 58.8 Å². The van der Waals surface area contributed by atoms with E-state index in [4.69, 9.17) is 0 Å². The van der Waals surface area contributed by atoms with Gasteiger partial charge in [-0.15, -0.1) is 0 Å². The van der Waals surface area contributed by atoms with Crippen molar-refractivity contribution in [3.8, 4) is 0 Å². The fourth-order valence-corrected chi connectivity index (χ4v) is 2.73. The highest BCUT2D eigenvalue weighted by atomic mass is 16.1. The van der Waals surface area contributed by atoms with E-state index in [0.29, 0.717) is 0 Å². The van der Waals surface area contributed by atoms with Crippen molar-refractivity contribution >= 4 is 6.29 Å². The standard InChI is InChI=1S/C13H24O/c1-11(2)10-13-7-5-12(6-8-13)4-3-9-14/h9,11-13H,3-8,10H2,1-2H3/t12-,13+. The lowest BCUT2D eigenvalue weighted by Crippen LogP contribution is -2.16. The van der Waals surface area contributed by atoms with Crippen molar-refractivity contribution in [2.75, 3.05) is 0 Å². The van der Waals surface area contributed by atoms with E-state index in [0.717, 1.165) is 36.9 Å². The lowest BCUT2D eigenvalue weighted by Gasteiger charge is -2.29. The van der Waals surface area contributed by atoms with E-state index >= 15 is 0 Å². The fraction of sp³-hybridized carbons (Fsp3) is 0.923. The predicted molar refractivity (Wildman–Crippen MR) is 60.2 cm³/mol. The van der Waals surface area contributed by atoms with Crippen LogP contribution in [-0.4, -0.2) is 6.29 Å². The summed E-state index contributed by atoms with van der Waals surface area (Å²) in [6.07, 6.45) is 9.93. The zero-order valence-electron chi connectivity index (χ0n) is 9.67. The molecular weight excluding hydrogens is 172 g/mol. The van der Waals surface area contributed by atoms with Crippen LogP contribution in [0.2, 0.25) is 0 Å². The van der Waals surface area contributed by atoms with Crippen LogP contribution in [0, 0.1) is 17.8 Å². The van der Waals surface area contributed by atoms with E-state index in [1.807, 2.05) is 0 Å². The first-order valence-electron chi connectivity index (χ1n) is 6.16. The van der Waals surface area contributed by atoms with E-state index in [1.54, 1.807) is 0 Å². The van der Waals surface area contributed by atoms with Gasteiger partial charge in [0.05, 0.1) is 0 Å². The largest absolute Gasteiger partial charge is 0.303 e. The number of aldehydes is 1. The molecule has 1 rings (SSSR count). The summed E-state index contributed by atoms with van der Waals surface area (Å²) < 4.78 is 0. The Morgan fingerprint density at radius 3 is 2.21 bits per heavy atom. The van der Waals surface area contributed by atoms with Gasteiger partial charge in [-0.3, -0.25) is 0 Å². The van der Waals surface area contributed by atoms with Crippen LogP contribution < -0.4 is 0 Å². The molecule has 0 saturated heterocycles. The quantitative estimate of drug-likeness (QED) is 0.611. The second-order valence-corrected chi connectivity index (χ2v) is 5.26. The summed E-state index contributed by atoms with van der Waals surface area (Å²) >= 11 is 0. The van der Waals surface area contributed by atoms with Crippen molar-refractivity contribution in [2.24, 2.45) is 17.8 Å². The Morgan fingerprint density at radius 2 is 1.71 bits per heavy atom. The Morgan fingerprint density at radius 1 is 1.14 bits per heavy atom. The highest BCUT2D eigenvalue weighted by molar-refractivity contribution is 5.49. The molecule has 0 spiro atoms. The number of carbonyl (C=O) groups is 1. The van der Waals surface area contributed by atoms with Crippen molar-refractivity contribution in [2.45, 2.75) is 58.8 Å². The van der Waals surface area contributed by atoms with Gasteiger partial charge in [0.1, 0.15) is 6.29 Å². The zero-order valence-corrected chi connectivity index (χ0v) is 9.67. The highest BCUT2D eigenvalue weighted by Gasteiger charge is 2.21. The fourth-order valence-electron chi connectivity index (χ4n) is 2.73. The molecule has 0 aliphatic heterocycles. The molecule has 0 aromatic rings. The van der Waals surface area contributed by atoms with Crippen molar-refractivity contribution in [3.63, 3.8) is 0 Å². The molecule has 1 nitrogen and oxygen atoms in total. The van der Waals surface area contributed by atoms with Crippen molar-refractivity contribution in [1.82, 2.24) is 0 Å². The van der Waals surface area contributed by atoms with E-state index in [9.17, 15) is 4.79 Å². The lowest BCUT2D eigenvalue weighted by atomic mass is 9.77. The van der Waals surface area contributed by atoms with E-state index in [2.05, 4.69) is 13.8 Å². The third-order valence-electron chi connectivity index (χ3n) is 3.46. The Balaban J connectivity index is 2.14. The second kappa shape index (κ2) is 6.21. The SMILES string of the molecule is CC(C)C[C@H]1CC[C@@H](CCC=O)CC1. The summed E-state index contributed by atoms with van der Waals surface area (Å²) in [5.41, 5.74) is 0. The van der Waals surface area contributed by atoms with Crippen LogP contribution in [0.3, 0.4) is 0 Å². The molecule has 1 fully saturated rings. The third-order valence-corrected chi connectivity index (χ3v) is 3.46. The van der Waals surface area contributed by atoms with Gasteiger partial charge in [-0.1, -0.05) is 39.5 Å². The van der Waals surface area contributed by atoms with Gasteiger partial charge in [-0.05, 0) is 30.6 Å². The minimum absolute atomic E-state index is 0.777. The van der Waals surface area contributed by atoms with Gasteiger partial charge in [0.2, 0.25) is 0 Å². The van der Waals surface area contributed by atoms with Gasteiger partial charge in [0, 0.05) is 6.42 Å². The topological polar surface area (TPSA) is 17.1 Å². The predicted octanol–water partition coefficient (Wildman–Crippen LogP) is 3.82. The van der Waals surface area contributed by atoms with Gasteiger partial charge in [-0.2, -0.15) is 0 Å². The van der Waals surface area contributed by atoms with Gasteiger partial charge in [0.25, 0.3) is 0 Å². The van der Waals surface area contributed by atoms with Crippen LogP contribution in [0.5, 0.6) is 0 Å². The molecule has 0 aromatic carbocycles. The van der Waals surface area contributed by atoms with Crippen LogP contribution in [-0.2, 0) is 4.79 Å². The summed E-state index contributed by atoms with van der Waals surface area (Å²) in [5.74, 6) is 2.68. The molecule has 1 saturated carbocycles. The highest BCUT2D eigenvalue weighted by Crippen LogP contribution is 2.34. The molecule has 0 amide bonds. The summed E-state index contributed by atoms with van der Waals surface area (Å²) in [4.78, 5) is 10.3. The van der Waals surface area contributed by atoms with Crippen LogP contribution in [0.15, 0.2) is 0 Å². The van der Waals surface area contributed by atoms with Crippen molar-refractivity contribution < 1.29 is 4.79 Å². The van der Waals surface area contributed by atoms with Crippen LogP contribution in [0.25, 0.3) is 0 Å². The molecule has 0 bridgehead atoms. The number of hydrogen-bond acceptors (Lipinski definition) is 1. The molecule has 0 atom stereocenters. The minimum atomic E-state index is 0.777. The third kappa shape index (κ3) is 4.26. The summed E-state index contributed by atoms with van der Waals surface area (Å²) in [6.45, 7) is 4.64. The number of rotatable bonds is 5. The Kier molecular flexibility index (Phi) is 5.21. The molecule has 0 unspecified atom stereocenters. The maximum absolute atomic E-state index is 10.3. The van der Waals surface area contributed by atoms with Gasteiger partial charge in [-0.25, -0.2) is 0 Å². The maximum atomic E-state index is 10.3. The Hall–Kier alpha value is -0.330. The molecule has 0 N–H and O–H groups in total.